The summed E-state index contributed by atoms with van der Waals surface area (Å²) in [6.45, 7) is 10.1. The topological polar surface area (TPSA) is 24.7 Å². The first-order valence-electron chi connectivity index (χ1n) is 3.47. The van der Waals surface area contributed by atoms with Crippen molar-refractivity contribution in [1.82, 2.24) is 0 Å². The van der Waals surface area contributed by atoms with Crippen molar-refractivity contribution in [2.24, 2.45) is 15.6 Å². The Kier molecular flexibility index (Phi) is 3.26. The zero-order valence-corrected chi connectivity index (χ0v) is 7.47. The van der Waals surface area contributed by atoms with Crippen molar-refractivity contribution in [3.8, 4) is 0 Å². The van der Waals surface area contributed by atoms with E-state index in [1.165, 1.54) is 0 Å². The molecule has 0 rings (SSSR count). The Morgan fingerprint density at radius 2 is 1.70 bits per heavy atom. The average molecular weight is 140 g/mol. The van der Waals surface area contributed by atoms with Crippen molar-refractivity contribution in [3.63, 3.8) is 0 Å². The molecule has 58 valence electrons. The van der Waals surface area contributed by atoms with Crippen molar-refractivity contribution < 1.29 is 0 Å². The first-order valence-corrected chi connectivity index (χ1v) is 3.47. The van der Waals surface area contributed by atoms with Crippen LogP contribution in [0.25, 0.3) is 0 Å². The number of nitrogens with zero attached hydrogens (tertiary/aromatic N) is 2. The molecule has 2 heteroatoms. The maximum atomic E-state index is 3.91. The van der Waals surface area contributed by atoms with Gasteiger partial charge < -0.3 is 0 Å². The molecule has 0 spiro atoms. The van der Waals surface area contributed by atoms with Crippen LogP contribution in [0.15, 0.2) is 10.2 Å². The summed E-state index contributed by atoms with van der Waals surface area (Å²) in [6.07, 6.45) is 1.85. The van der Waals surface area contributed by atoms with E-state index < -0.39 is 0 Å². The molecule has 0 saturated heterocycles. The van der Waals surface area contributed by atoms with E-state index in [1.807, 2.05) is 20.1 Å². The Balaban J connectivity index is 3.90. The fraction of sp³-hybridized carbons (Fsp3) is 0.750. The highest BCUT2D eigenvalue weighted by Gasteiger charge is 2.03. The summed E-state index contributed by atoms with van der Waals surface area (Å²) in [5.41, 5.74) is 1.12. The van der Waals surface area contributed by atoms with Gasteiger partial charge in [-0.25, -0.2) is 0 Å². The molecule has 0 aromatic rings. The lowest BCUT2D eigenvalue weighted by Crippen LogP contribution is -2.05. The van der Waals surface area contributed by atoms with Crippen LogP contribution >= 0.6 is 0 Å². The highest BCUT2D eigenvalue weighted by molar-refractivity contribution is 5.79. The van der Waals surface area contributed by atoms with Crippen molar-refractivity contribution >= 4 is 11.9 Å². The van der Waals surface area contributed by atoms with Crippen LogP contribution in [0.1, 0.15) is 34.6 Å². The number of rotatable bonds is 1. The molecule has 0 aromatic heterocycles. The second kappa shape index (κ2) is 3.49. The third-order valence-electron chi connectivity index (χ3n) is 0.703. The van der Waals surface area contributed by atoms with E-state index in [1.54, 1.807) is 0 Å². The lowest BCUT2D eigenvalue weighted by atomic mass is 9.99. The molecule has 10 heavy (non-hydrogen) atoms. The molecular weight excluding hydrogens is 124 g/mol. The Morgan fingerprint density at radius 1 is 1.20 bits per heavy atom. The van der Waals surface area contributed by atoms with Gasteiger partial charge in [-0.2, -0.15) is 10.2 Å². The second-order valence-electron chi connectivity index (χ2n) is 3.66. The van der Waals surface area contributed by atoms with Crippen LogP contribution in [-0.2, 0) is 0 Å². The van der Waals surface area contributed by atoms with Crippen molar-refractivity contribution in [3.05, 3.63) is 0 Å². The zero-order chi connectivity index (χ0) is 8.20. The van der Waals surface area contributed by atoms with E-state index in [0.29, 0.717) is 0 Å². The molecular formula is C8H16N2. The predicted molar refractivity (Wildman–Crippen MR) is 46.7 cm³/mol. The molecule has 0 atom stereocenters. The molecule has 0 amide bonds. The van der Waals surface area contributed by atoms with Gasteiger partial charge in [0.25, 0.3) is 0 Å². The van der Waals surface area contributed by atoms with Gasteiger partial charge in [0, 0.05) is 11.9 Å². The van der Waals surface area contributed by atoms with Crippen LogP contribution < -0.4 is 0 Å². The molecule has 0 N–H and O–H groups in total. The van der Waals surface area contributed by atoms with Crippen molar-refractivity contribution in [1.29, 1.82) is 0 Å². The predicted octanol–water partition coefficient (Wildman–Crippen LogP) is 2.50. The van der Waals surface area contributed by atoms with Gasteiger partial charge in [0.05, 0.1) is 0 Å². The minimum Gasteiger partial charge on any atom is -0.163 e. The molecule has 0 aliphatic heterocycles. The molecule has 0 fully saturated rings. The van der Waals surface area contributed by atoms with Gasteiger partial charge in [0.1, 0.15) is 0 Å². The third kappa shape index (κ3) is 7.34. The van der Waals surface area contributed by atoms with Crippen LogP contribution in [0, 0.1) is 5.41 Å². The highest BCUT2D eigenvalue weighted by atomic mass is 15.2. The Bertz CT molecular complexity index is 145. The minimum atomic E-state index is 0.138. The van der Waals surface area contributed by atoms with Gasteiger partial charge in [-0.3, -0.25) is 0 Å². The van der Waals surface area contributed by atoms with E-state index in [-0.39, 0.29) is 5.41 Å². The van der Waals surface area contributed by atoms with E-state index in [4.69, 9.17) is 0 Å². The number of hydrogen-bond acceptors (Lipinski definition) is 2. The summed E-state index contributed by atoms with van der Waals surface area (Å²) in [4.78, 5) is 0. The first kappa shape index (κ1) is 9.34. The molecule has 0 heterocycles. The molecule has 0 aromatic carbocycles. The van der Waals surface area contributed by atoms with Crippen LogP contribution in [0.5, 0.6) is 0 Å². The van der Waals surface area contributed by atoms with E-state index in [9.17, 15) is 0 Å². The van der Waals surface area contributed by atoms with Crippen LogP contribution in [0.2, 0.25) is 0 Å². The maximum Gasteiger partial charge on any atom is 0.0344 e. The summed E-state index contributed by atoms with van der Waals surface area (Å²) in [5.74, 6) is 0. The van der Waals surface area contributed by atoms with Gasteiger partial charge in [-0.1, -0.05) is 20.8 Å². The Morgan fingerprint density at radius 3 is 2.00 bits per heavy atom. The Labute approximate surface area is 63.1 Å². The molecule has 0 aliphatic rings. The summed E-state index contributed by atoms with van der Waals surface area (Å²) >= 11 is 0. The summed E-state index contributed by atoms with van der Waals surface area (Å²) in [5, 5.41) is 7.80. The maximum absolute atomic E-state index is 3.91. The van der Waals surface area contributed by atoms with Gasteiger partial charge in [0.15, 0.2) is 0 Å². The summed E-state index contributed by atoms with van der Waals surface area (Å²) in [6, 6.07) is 0. The average Bonchev–Trinajstić information content (AvgIpc) is 1.59. The third-order valence-corrected chi connectivity index (χ3v) is 0.703. The lowest BCUT2D eigenvalue weighted by Gasteiger charge is -2.07. The van der Waals surface area contributed by atoms with E-state index in [0.717, 1.165) is 5.71 Å². The van der Waals surface area contributed by atoms with E-state index in [2.05, 4.69) is 31.0 Å². The van der Waals surface area contributed by atoms with Gasteiger partial charge in [-0.15, -0.1) is 0 Å². The standard InChI is InChI=1S/C8H16N2/c1-7(2)10-9-6-8(3,4)5/h6H,1-5H3. The Hall–Kier alpha value is -0.660. The SMILES string of the molecule is CC(C)=NN=CC(C)(C)C. The molecule has 0 aliphatic carbocycles. The second-order valence-corrected chi connectivity index (χ2v) is 3.66. The highest BCUT2D eigenvalue weighted by Crippen LogP contribution is 2.07. The zero-order valence-electron chi connectivity index (χ0n) is 7.47. The van der Waals surface area contributed by atoms with Crippen LogP contribution in [0.4, 0.5) is 0 Å². The molecule has 0 saturated carbocycles. The molecule has 0 radical (unpaired) electrons. The molecule has 2 nitrogen and oxygen atoms in total. The van der Waals surface area contributed by atoms with Gasteiger partial charge >= 0.3 is 0 Å². The quantitative estimate of drug-likeness (QED) is 0.395. The van der Waals surface area contributed by atoms with Crippen LogP contribution in [-0.4, -0.2) is 11.9 Å². The fourth-order valence-electron chi connectivity index (χ4n) is 0.318. The van der Waals surface area contributed by atoms with Gasteiger partial charge in [0.2, 0.25) is 0 Å². The summed E-state index contributed by atoms with van der Waals surface area (Å²) < 4.78 is 0. The lowest BCUT2D eigenvalue weighted by molar-refractivity contribution is 0.605. The van der Waals surface area contributed by atoms with Crippen molar-refractivity contribution in [2.45, 2.75) is 34.6 Å². The largest absolute Gasteiger partial charge is 0.163 e. The monoisotopic (exact) mass is 140 g/mol. The van der Waals surface area contributed by atoms with E-state index >= 15 is 0 Å². The minimum absolute atomic E-state index is 0.138. The number of hydrogen-bond donors (Lipinski definition) is 0. The fourth-order valence-corrected chi connectivity index (χ4v) is 0.318. The first-order chi connectivity index (χ1) is 4.42. The van der Waals surface area contributed by atoms with Crippen molar-refractivity contribution in [2.75, 3.05) is 0 Å². The summed E-state index contributed by atoms with van der Waals surface area (Å²) in [7, 11) is 0. The molecule has 0 bridgehead atoms. The smallest absolute Gasteiger partial charge is 0.0344 e. The molecule has 0 unspecified atom stereocenters. The van der Waals surface area contributed by atoms with Gasteiger partial charge in [-0.05, 0) is 19.3 Å². The van der Waals surface area contributed by atoms with Crippen LogP contribution in [0.3, 0.4) is 0 Å². The normalized spacial score (nSPS) is 12.1.